The molecule has 4 nitrogen and oxygen atoms in total. The fraction of sp³-hybridized carbons (Fsp3) is 0.556. The highest BCUT2D eigenvalue weighted by molar-refractivity contribution is 5.42. The van der Waals surface area contributed by atoms with Crippen LogP contribution in [-0.4, -0.2) is 23.1 Å². The van der Waals surface area contributed by atoms with Crippen molar-refractivity contribution in [3.05, 3.63) is 11.8 Å². The maximum Gasteiger partial charge on any atom is 0.433 e. The zero-order valence-corrected chi connectivity index (χ0v) is 9.18. The number of rotatable bonds is 3. The van der Waals surface area contributed by atoms with Gasteiger partial charge >= 0.3 is 6.18 Å². The summed E-state index contributed by atoms with van der Waals surface area (Å²) >= 11 is 0. The van der Waals surface area contributed by atoms with Gasteiger partial charge in [-0.25, -0.2) is 4.98 Å². The summed E-state index contributed by atoms with van der Waals surface area (Å²) in [5.74, 6) is 0.0969. The van der Waals surface area contributed by atoms with Gasteiger partial charge in [0.25, 0.3) is 0 Å². The van der Waals surface area contributed by atoms with Crippen molar-refractivity contribution in [3.8, 4) is 0 Å². The van der Waals surface area contributed by atoms with Crippen molar-refractivity contribution >= 4 is 11.8 Å². The van der Waals surface area contributed by atoms with Crippen LogP contribution in [0.15, 0.2) is 6.07 Å². The Labute approximate surface area is 91.3 Å². The SMILES string of the molecule is CNc1cc(C(F)(F)F)nc(NC(C)C)n1. The molecule has 16 heavy (non-hydrogen) atoms. The van der Waals surface area contributed by atoms with Crippen molar-refractivity contribution in [2.24, 2.45) is 0 Å². The van der Waals surface area contributed by atoms with Crippen LogP contribution >= 0.6 is 0 Å². The van der Waals surface area contributed by atoms with Crippen molar-refractivity contribution in [1.82, 2.24) is 9.97 Å². The number of nitrogens with zero attached hydrogens (tertiary/aromatic N) is 2. The molecular formula is C9H13F3N4. The molecule has 1 aromatic rings. The predicted octanol–water partition coefficient (Wildman–Crippen LogP) is 2.36. The summed E-state index contributed by atoms with van der Waals surface area (Å²) in [5.41, 5.74) is -0.963. The number of nitrogens with one attached hydrogen (secondary N) is 2. The summed E-state index contributed by atoms with van der Waals surface area (Å²) in [6.07, 6.45) is -4.47. The molecule has 1 heterocycles. The van der Waals surface area contributed by atoms with Crippen LogP contribution < -0.4 is 10.6 Å². The van der Waals surface area contributed by atoms with E-state index in [1.54, 1.807) is 13.8 Å². The lowest BCUT2D eigenvalue weighted by Gasteiger charge is -2.12. The zero-order valence-electron chi connectivity index (χ0n) is 9.18. The van der Waals surface area contributed by atoms with E-state index in [1.165, 1.54) is 7.05 Å². The minimum atomic E-state index is -4.47. The van der Waals surface area contributed by atoms with Gasteiger partial charge in [0.15, 0.2) is 5.69 Å². The van der Waals surface area contributed by atoms with Crippen LogP contribution in [0.1, 0.15) is 19.5 Å². The van der Waals surface area contributed by atoms with Crippen LogP contribution in [0.2, 0.25) is 0 Å². The third kappa shape index (κ3) is 3.25. The second-order valence-electron chi connectivity index (χ2n) is 3.51. The molecule has 2 N–H and O–H groups in total. The summed E-state index contributed by atoms with van der Waals surface area (Å²) in [4.78, 5) is 7.28. The maximum atomic E-state index is 12.5. The van der Waals surface area contributed by atoms with Crippen molar-refractivity contribution < 1.29 is 13.2 Å². The monoisotopic (exact) mass is 234 g/mol. The van der Waals surface area contributed by atoms with Crippen molar-refractivity contribution in [2.45, 2.75) is 26.1 Å². The molecule has 1 aromatic heterocycles. The van der Waals surface area contributed by atoms with Crippen LogP contribution in [0, 0.1) is 0 Å². The highest BCUT2D eigenvalue weighted by Gasteiger charge is 2.33. The first-order valence-electron chi connectivity index (χ1n) is 4.73. The predicted molar refractivity (Wildman–Crippen MR) is 55.3 cm³/mol. The van der Waals surface area contributed by atoms with Crippen LogP contribution in [-0.2, 0) is 6.18 Å². The molecule has 7 heteroatoms. The molecule has 0 atom stereocenters. The number of hydrogen-bond donors (Lipinski definition) is 2. The molecule has 0 fully saturated rings. The Bertz CT molecular complexity index is 362. The Hall–Kier alpha value is -1.53. The quantitative estimate of drug-likeness (QED) is 0.842. The molecule has 0 spiro atoms. The lowest BCUT2D eigenvalue weighted by molar-refractivity contribution is -0.141. The van der Waals surface area contributed by atoms with Gasteiger partial charge in [-0.1, -0.05) is 0 Å². The average Bonchev–Trinajstić information content (AvgIpc) is 2.14. The van der Waals surface area contributed by atoms with Crippen LogP contribution in [0.25, 0.3) is 0 Å². The fourth-order valence-corrected chi connectivity index (χ4v) is 1.04. The molecule has 0 saturated heterocycles. The Kier molecular flexibility index (Phi) is 3.56. The van der Waals surface area contributed by atoms with Crippen molar-refractivity contribution in [3.63, 3.8) is 0 Å². The third-order valence-corrected chi connectivity index (χ3v) is 1.69. The van der Waals surface area contributed by atoms with E-state index in [0.717, 1.165) is 6.07 Å². The molecule has 0 aliphatic rings. The van der Waals surface area contributed by atoms with Gasteiger partial charge in [0.1, 0.15) is 5.82 Å². The van der Waals surface area contributed by atoms with Gasteiger partial charge in [-0.05, 0) is 13.8 Å². The number of aromatic nitrogens is 2. The average molecular weight is 234 g/mol. The van der Waals surface area contributed by atoms with E-state index in [2.05, 4.69) is 20.6 Å². The topological polar surface area (TPSA) is 49.8 Å². The smallest absolute Gasteiger partial charge is 0.373 e. The molecule has 0 aromatic carbocycles. The minimum Gasteiger partial charge on any atom is -0.373 e. The maximum absolute atomic E-state index is 12.5. The summed E-state index contributed by atoms with van der Waals surface area (Å²) in [6.45, 7) is 3.59. The lowest BCUT2D eigenvalue weighted by Crippen LogP contribution is -2.17. The van der Waals surface area contributed by atoms with Crippen LogP contribution in [0.4, 0.5) is 24.9 Å². The second-order valence-corrected chi connectivity index (χ2v) is 3.51. The lowest BCUT2D eigenvalue weighted by atomic mass is 10.3. The van der Waals surface area contributed by atoms with Gasteiger partial charge in [0.05, 0.1) is 0 Å². The Morgan fingerprint density at radius 3 is 2.31 bits per heavy atom. The highest BCUT2D eigenvalue weighted by Crippen LogP contribution is 2.29. The Morgan fingerprint density at radius 2 is 1.88 bits per heavy atom. The molecule has 0 saturated carbocycles. The molecule has 0 unspecified atom stereocenters. The molecule has 0 radical (unpaired) electrons. The second kappa shape index (κ2) is 4.54. The van der Waals surface area contributed by atoms with E-state index in [9.17, 15) is 13.2 Å². The largest absolute Gasteiger partial charge is 0.433 e. The molecule has 1 rings (SSSR count). The molecule has 0 amide bonds. The number of halogens is 3. The van der Waals surface area contributed by atoms with Gasteiger partial charge < -0.3 is 10.6 Å². The normalized spacial score (nSPS) is 11.7. The van der Waals surface area contributed by atoms with E-state index in [4.69, 9.17) is 0 Å². The summed E-state index contributed by atoms with van der Waals surface area (Å²) in [5, 5.41) is 5.29. The summed E-state index contributed by atoms with van der Waals surface area (Å²) < 4.78 is 37.4. The molecule has 90 valence electrons. The van der Waals surface area contributed by atoms with Gasteiger partial charge in [-0.15, -0.1) is 0 Å². The van der Waals surface area contributed by atoms with Gasteiger partial charge in [-0.2, -0.15) is 18.2 Å². The Balaban J connectivity index is 3.11. The van der Waals surface area contributed by atoms with Crippen molar-refractivity contribution in [1.29, 1.82) is 0 Å². The van der Waals surface area contributed by atoms with Crippen molar-refractivity contribution in [2.75, 3.05) is 17.7 Å². The first kappa shape index (κ1) is 12.5. The number of anilines is 2. The summed E-state index contributed by atoms with van der Waals surface area (Å²) in [7, 11) is 1.50. The molecule has 0 aliphatic heterocycles. The number of alkyl halides is 3. The highest BCUT2D eigenvalue weighted by atomic mass is 19.4. The first-order chi connectivity index (χ1) is 7.32. The zero-order chi connectivity index (χ0) is 12.3. The molecule has 0 aliphatic carbocycles. The van der Waals surface area contributed by atoms with E-state index in [0.29, 0.717) is 0 Å². The van der Waals surface area contributed by atoms with Gasteiger partial charge in [0.2, 0.25) is 5.95 Å². The fourth-order valence-electron chi connectivity index (χ4n) is 1.04. The van der Waals surface area contributed by atoms with E-state index >= 15 is 0 Å². The number of hydrogen-bond acceptors (Lipinski definition) is 4. The van der Waals surface area contributed by atoms with Crippen LogP contribution in [0.5, 0.6) is 0 Å². The van der Waals surface area contributed by atoms with Crippen LogP contribution in [0.3, 0.4) is 0 Å². The third-order valence-electron chi connectivity index (χ3n) is 1.69. The minimum absolute atomic E-state index is 0.0332. The standard InChI is InChI=1S/C9H13F3N4/c1-5(2)14-8-15-6(9(10,11)12)4-7(13-3)16-8/h4-5H,1-3H3,(H2,13,14,15,16). The van der Waals surface area contributed by atoms with Gasteiger partial charge in [-0.3, -0.25) is 0 Å². The van der Waals surface area contributed by atoms with E-state index in [-0.39, 0.29) is 17.8 Å². The van der Waals surface area contributed by atoms with E-state index < -0.39 is 11.9 Å². The van der Waals surface area contributed by atoms with Gasteiger partial charge in [0, 0.05) is 19.2 Å². The molecular weight excluding hydrogens is 221 g/mol. The van der Waals surface area contributed by atoms with E-state index in [1.807, 2.05) is 0 Å². The molecule has 0 bridgehead atoms. The summed E-state index contributed by atoms with van der Waals surface area (Å²) in [6, 6.07) is 0.832. The first-order valence-corrected chi connectivity index (χ1v) is 4.73. The Morgan fingerprint density at radius 1 is 1.25 bits per heavy atom.